The quantitative estimate of drug-likeness (QED) is 0.742. The smallest absolute Gasteiger partial charge is 0.396 e. The van der Waals surface area contributed by atoms with Gasteiger partial charge in [-0.25, -0.2) is 0 Å². The van der Waals surface area contributed by atoms with Gasteiger partial charge in [-0.1, -0.05) is 0 Å². The van der Waals surface area contributed by atoms with Crippen molar-refractivity contribution in [3.8, 4) is 0 Å². The number of aliphatic hydroxyl groups is 1. The molecule has 0 radical (unpaired) electrons. The maximum absolute atomic E-state index is 11.4. The summed E-state index contributed by atoms with van der Waals surface area (Å²) in [6, 6.07) is 0. The molecule has 4 heteroatoms. The van der Waals surface area contributed by atoms with E-state index in [1.807, 2.05) is 13.8 Å². The molecule has 0 amide bonds. The van der Waals surface area contributed by atoms with Gasteiger partial charge in [0, 0.05) is 6.61 Å². The summed E-state index contributed by atoms with van der Waals surface area (Å²) in [5, 5.41) is 8.99. The molecule has 0 aromatic carbocycles. The summed E-state index contributed by atoms with van der Waals surface area (Å²) in [7, 11) is -1.48. The third kappa shape index (κ3) is 4.58. The molecule has 1 atom stereocenters. The maximum Gasteiger partial charge on any atom is 0.510 e. The van der Waals surface area contributed by atoms with Gasteiger partial charge >= 0.3 is 8.03 Å². The monoisotopic (exact) mass is 233 g/mol. The predicted octanol–water partition coefficient (Wildman–Crippen LogP) is 2.95. The number of hydrogen-bond donors (Lipinski definition) is 1. The number of aliphatic hydroxyl groups excluding tert-OH is 1. The van der Waals surface area contributed by atoms with Gasteiger partial charge in [0.1, 0.15) is 6.61 Å². The summed E-state index contributed by atoms with van der Waals surface area (Å²) in [5.74, 6) is 1.03. The van der Waals surface area contributed by atoms with Crippen LogP contribution in [0.15, 0.2) is 0 Å². The minimum absolute atomic E-state index is 0.119. The van der Waals surface area contributed by atoms with Crippen molar-refractivity contribution in [3.63, 3.8) is 0 Å². The van der Waals surface area contributed by atoms with Crippen LogP contribution in [-0.4, -0.2) is 24.0 Å². The molecule has 0 saturated heterocycles. The zero-order valence-electron chi connectivity index (χ0n) is 9.69. The van der Waals surface area contributed by atoms with E-state index in [0.717, 1.165) is 25.7 Å². The molecule has 1 rings (SSSR count). The Morgan fingerprint density at radius 1 is 1.27 bits per heavy atom. The van der Waals surface area contributed by atoms with Crippen molar-refractivity contribution in [1.82, 2.24) is 0 Å². The molecule has 0 bridgehead atoms. The molecule has 1 aliphatic carbocycles. The summed E-state index contributed by atoms with van der Waals surface area (Å²) >= 11 is 0. The lowest BCUT2D eigenvalue weighted by Crippen LogP contribution is -2.20. The molecular formula is C11H22O3P+. The van der Waals surface area contributed by atoms with Crippen molar-refractivity contribution in [2.45, 2.75) is 45.2 Å². The molecule has 1 saturated carbocycles. The Morgan fingerprint density at radius 3 is 2.27 bits per heavy atom. The van der Waals surface area contributed by atoms with E-state index in [2.05, 4.69) is 0 Å². The Bertz CT molecular complexity index is 198. The van der Waals surface area contributed by atoms with E-state index in [-0.39, 0.29) is 5.66 Å². The third-order valence-electron chi connectivity index (χ3n) is 3.08. The van der Waals surface area contributed by atoms with Gasteiger partial charge in [0.05, 0.1) is 0 Å². The minimum Gasteiger partial charge on any atom is -0.396 e. The molecule has 15 heavy (non-hydrogen) atoms. The fraction of sp³-hybridized carbons (Fsp3) is 1.00. The van der Waals surface area contributed by atoms with Crippen LogP contribution < -0.4 is 0 Å². The molecule has 0 heterocycles. The molecule has 0 aliphatic heterocycles. The van der Waals surface area contributed by atoms with Crippen LogP contribution in [0.2, 0.25) is 0 Å². The fourth-order valence-corrected chi connectivity index (χ4v) is 2.56. The Hall–Kier alpha value is 0.0200. The molecule has 1 fully saturated rings. The van der Waals surface area contributed by atoms with Gasteiger partial charge in [-0.3, -0.25) is 0 Å². The average molecular weight is 233 g/mol. The van der Waals surface area contributed by atoms with Gasteiger partial charge in [0.25, 0.3) is 0 Å². The Morgan fingerprint density at radius 2 is 1.80 bits per heavy atom. The Kier molecular flexibility index (Phi) is 5.73. The van der Waals surface area contributed by atoms with E-state index in [1.54, 1.807) is 0 Å². The van der Waals surface area contributed by atoms with Crippen LogP contribution in [0.5, 0.6) is 0 Å². The highest BCUT2D eigenvalue weighted by Crippen LogP contribution is 2.33. The largest absolute Gasteiger partial charge is 0.510 e. The second-order valence-electron chi connectivity index (χ2n) is 4.74. The molecule has 1 N–H and O–H groups in total. The highest BCUT2D eigenvalue weighted by molar-refractivity contribution is 7.39. The van der Waals surface area contributed by atoms with Gasteiger partial charge in [0.2, 0.25) is 0 Å². The first-order valence-corrected chi connectivity index (χ1v) is 7.08. The molecule has 3 nitrogen and oxygen atoms in total. The van der Waals surface area contributed by atoms with Crippen LogP contribution in [0.1, 0.15) is 39.5 Å². The van der Waals surface area contributed by atoms with Crippen LogP contribution in [0.25, 0.3) is 0 Å². The normalized spacial score (nSPS) is 28.1. The molecule has 0 spiro atoms. The highest BCUT2D eigenvalue weighted by Gasteiger charge is 2.27. The first kappa shape index (κ1) is 13.1. The highest BCUT2D eigenvalue weighted by atomic mass is 31.1. The molecule has 0 aromatic heterocycles. The zero-order valence-corrected chi connectivity index (χ0v) is 10.6. The first-order valence-electron chi connectivity index (χ1n) is 5.83. The molecule has 0 aromatic rings. The van der Waals surface area contributed by atoms with Crippen molar-refractivity contribution < 1.29 is 14.2 Å². The Balaban J connectivity index is 2.16. The zero-order chi connectivity index (χ0) is 11.3. The van der Waals surface area contributed by atoms with Crippen molar-refractivity contribution in [1.29, 1.82) is 0 Å². The van der Waals surface area contributed by atoms with Crippen molar-refractivity contribution in [3.05, 3.63) is 0 Å². The van der Waals surface area contributed by atoms with Gasteiger partial charge in [-0.05, 0) is 55.9 Å². The first-order chi connectivity index (χ1) is 7.13. The van der Waals surface area contributed by atoms with Gasteiger partial charge in [0.15, 0.2) is 5.66 Å². The van der Waals surface area contributed by atoms with Gasteiger partial charge < -0.3 is 5.11 Å². The lowest BCUT2D eigenvalue weighted by molar-refractivity contribution is 0.141. The lowest BCUT2D eigenvalue weighted by atomic mass is 9.83. The molecule has 1 aliphatic rings. The van der Waals surface area contributed by atoms with Gasteiger partial charge in [-0.15, -0.1) is 4.52 Å². The van der Waals surface area contributed by atoms with Crippen LogP contribution >= 0.6 is 8.03 Å². The minimum atomic E-state index is -1.48. The van der Waals surface area contributed by atoms with E-state index in [0.29, 0.717) is 25.0 Å². The summed E-state index contributed by atoms with van der Waals surface area (Å²) < 4.78 is 16.8. The van der Waals surface area contributed by atoms with E-state index >= 15 is 0 Å². The van der Waals surface area contributed by atoms with Crippen LogP contribution in [0.3, 0.4) is 0 Å². The Labute approximate surface area is 93.1 Å². The lowest BCUT2D eigenvalue weighted by Gasteiger charge is -2.25. The number of rotatable bonds is 5. The number of hydrogen-bond acceptors (Lipinski definition) is 3. The van der Waals surface area contributed by atoms with Gasteiger partial charge in [-0.2, -0.15) is 0 Å². The standard InChI is InChI=1S/C11H22O3P/c1-9(2)15(13)14-8-11-5-3-10(7-12)4-6-11/h9-12H,3-8H2,1-2H3/q+1. The van der Waals surface area contributed by atoms with E-state index < -0.39 is 8.03 Å². The van der Waals surface area contributed by atoms with Crippen LogP contribution in [0, 0.1) is 11.8 Å². The van der Waals surface area contributed by atoms with Crippen molar-refractivity contribution >= 4 is 8.03 Å². The topological polar surface area (TPSA) is 46.5 Å². The summed E-state index contributed by atoms with van der Waals surface area (Å²) in [5.41, 5.74) is 0.119. The van der Waals surface area contributed by atoms with E-state index in [9.17, 15) is 4.57 Å². The van der Waals surface area contributed by atoms with Crippen molar-refractivity contribution in [2.24, 2.45) is 11.8 Å². The predicted molar refractivity (Wildman–Crippen MR) is 61.2 cm³/mol. The second-order valence-corrected chi connectivity index (χ2v) is 6.61. The maximum atomic E-state index is 11.4. The molecule has 1 unspecified atom stereocenters. The van der Waals surface area contributed by atoms with E-state index in [4.69, 9.17) is 9.63 Å². The van der Waals surface area contributed by atoms with Crippen LogP contribution in [0.4, 0.5) is 0 Å². The van der Waals surface area contributed by atoms with Crippen molar-refractivity contribution in [2.75, 3.05) is 13.2 Å². The van der Waals surface area contributed by atoms with Crippen LogP contribution in [-0.2, 0) is 9.09 Å². The fourth-order valence-electron chi connectivity index (χ4n) is 1.91. The van der Waals surface area contributed by atoms with E-state index in [1.165, 1.54) is 0 Å². The summed E-state index contributed by atoms with van der Waals surface area (Å²) in [4.78, 5) is 0. The molecular weight excluding hydrogens is 211 g/mol. The summed E-state index contributed by atoms with van der Waals surface area (Å²) in [6.45, 7) is 4.78. The summed E-state index contributed by atoms with van der Waals surface area (Å²) in [6.07, 6.45) is 4.38. The second kappa shape index (κ2) is 6.57. The average Bonchev–Trinajstić information content (AvgIpc) is 2.26. The molecule has 88 valence electrons. The SMILES string of the molecule is CC(C)[P+](=O)OCC1CCC(CO)CC1. The third-order valence-corrected chi connectivity index (χ3v) is 4.33.